The van der Waals surface area contributed by atoms with Gasteiger partial charge in [0.1, 0.15) is 0 Å². The van der Waals surface area contributed by atoms with Crippen molar-refractivity contribution < 1.29 is 4.79 Å². The minimum absolute atomic E-state index is 0.158. The number of pyridine rings is 1. The van der Waals surface area contributed by atoms with Gasteiger partial charge < -0.3 is 10.6 Å². The maximum atomic E-state index is 12.2. The van der Waals surface area contributed by atoms with Crippen LogP contribution in [0.3, 0.4) is 0 Å². The Hall–Kier alpha value is -1.62. The molecule has 1 amide bonds. The Labute approximate surface area is 120 Å². The fourth-order valence-corrected chi connectivity index (χ4v) is 2.48. The maximum absolute atomic E-state index is 12.2. The molecule has 110 valence electrons. The van der Waals surface area contributed by atoms with E-state index in [1.165, 1.54) is 0 Å². The number of nitrogens with zero attached hydrogens (tertiary/aromatic N) is 3. The lowest BCUT2D eigenvalue weighted by molar-refractivity contribution is -0.132. The van der Waals surface area contributed by atoms with Crippen molar-refractivity contribution in [1.82, 2.24) is 14.8 Å². The third kappa shape index (κ3) is 3.70. The first-order valence-electron chi connectivity index (χ1n) is 7.32. The molecule has 0 spiro atoms. The fourth-order valence-electron chi connectivity index (χ4n) is 2.48. The zero-order chi connectivity index (χ0) is 14.5. The first-order chi connectivity index (χ1) is 9.60. The molecule has 1 aromatic rings. The molecule has 1 aromatic heterocycles. The van der Waals surface area contributed by atoms with Crippen molar-refractivity contribution >= 4 is 11.6 Å². The Morgan fingerprint density at radius 2 is 2.05 bits per heavy atom. The fraction of sp³-hybridized carbons (Fsp3) is 0.600. The van der Waals surface area contributed by atoms with Gasteiger partial charge in [-0.25, -0.2) is 0 Å². The number of hydrogen-bond donors (Lipinski definition) is 1. The molecule has 1 saturated heterocycles. The highest BCUT2D eigenvalue weighted by Crippen LogP contribution is 2.10. The van der Waals surface area contributed by atoms with E-state index in [1.807, 2.05) is 11.0 Å². The molecule has 1 fully saturated rings. The molecule has 2 N–H and O–H groups in total. The molecule has 0 aliphatic carbocycles. The van der Waals surface area contributed by atoms with Crippen LogP contribution < -0.4 is 5.73 Å². The van der Waals surface area contributed by atoms with Crippen LogP contribution in [0.25, 0.3) is 0 Å². The first-order valence-corrected chi connectivity index (χ1v) is 7.32. The van der Waals surface area contributed by atoms with Crippen LogP contribution in [0.1, 0.15) is 26.0 Å². The largest absolute Gasteiger partial charge is 0.397 e. The Morgan fingerprint density at radius 3 is 2.60 bits per heavy atom. The normalized spacial score (nSPS) is 18.0. The molecule has 0 radical (unpaired) electrons. The van der Waals surface area contributed by atoms with Crippen molar-refractivity contribution in [3.8, 4) is 0 Å². The van der Waals surface area contributed by atoms with Crippen molar-refractivity contribution in [1.29, 1.82) is 0 Å². The van der Waals surface area contributed by atoms with Crippen LogP contribution >= 0.6 is 0 Å². The van der Waals surface area contributed by atoms with E-state index in [2.05, 4.69) is 23.7 Å². The third-order valence-electron chi connectivity index (χ3n) is 4.06. The van der Waals surface area contributed by atoms with Crippen LogP contribution in [0.5, 0.6) is 0 Å². The molecular weight excluding hydrogens is 252 g/mol. The van der Waals surface area contributed by atoms with Gasteiger partial charge in [0.2, 0.25) is 5.91 Å². The maximum Gasteiger partial charge on any atom is 0.228 e. The predicted octanol–water partition coefficient (Wildman–Crippen LogP) is 1.15. The lowest BCUT2D eigenvalue weighted by atomic mass is 10.1. The van der Waals surface area contributed by atoms with E-state index in [-0.39, 0.29) is 5.91 Å². The lowest BCUT2D eigenvalue weighted by Crippen LogP contribution is -2.51. The summed E-state index contributed by atoms with van der Waals surface area (Å²) < 4.78 is 0. The van der Waals surface area contributed by atoms with E-state index in [0.717, 1.165) is 38.3 Å². The zero-order valence-electron chi connectivity index (χ0n) is 12.4. The Morgan fingerprint density at radius 1 is 1.35 bits per heavy atom. The zero-order valence-corrected chi connectivity index (χ0v) is 12.4. The quantitative estimate of drug-likeness (QED) is 0.896. The van der Waals surface area contributed by atoms with Crippen LogP contribution in [0.4, 0.5) is 5.69 Å². The summed E-state index contributed by atoms with van der Waals surface area (Å²) in [6, 6.07) is 4.21. The molecule has 0 bridgehead atoms. The molecule has 20 heavy (non-hydrogen) atoms. The number of carbonyl (C=O) groups is 1. The van der Waals surface area contributed by atoms with Gasteiger partial charge in [-0.05, 0) is 25.5 Å². The molecule has 1 aliphatic heterocycles. The molecule has 2 heterocycles. The molecule has 5 heteroatoms. The number of piperazine rings is 1. The number of amides is 1. The summed E-state index contributed by atoms with van der Waals surface area (Å²) in [6.45, 7) is 8.02. The summed E-state index contributed by atoms with van der Waals surface area (Å²) >= 11 is 0. The summed E-state index contributed by atoms with van der Waals surface area (Å²) in [6.07, 6.45) is 3.12. The highest BCUT2D eigenvalue weighted by atomic mass is 16.2. The number of aromatic nitrogens is 1. The van der Waals surface area contributed by atoms with Crippen molar-refractivity contribution in [3.05, 3.63) is 24.0 Å². The number of nitrogen functional groups attached to an aromatic ring is 1. The van der Waals surface area contributed by atoms with E-state index in [1.54, 1.807) is 12.3 Å². The van der Waals surface area contributed by atoms with Crippen LogP contribution in [-0.2, 0) is 11.2 Å². The van der Waals surface area contributed by atoms with Gasteiger partial charge in [-0.15, -0.1) is 0 Å². The van der Waals surface area contributed by atoms with Gasteiger partial charge in [-0.2, -0.15) is 0 Å². The summed E-state index contributed by atoms with van der Waals surface area (Å²) in [5.41, 5.74) is 7.01. The van der Waals surface area contributed by atoms with Gasteiger partial charge in [0.05, 0.1) is 18.3 Å². The smallest absolute Gasteiger partial charge is 0.228 e. The number of rotatable bonds is 4. The molecule has 1 unspecified atom stereocenters. The molecule has 2 rings (SSSR count). The number of nitrogens with two attached hydrogens (primary N) is 1. The van der Waals surface area contributed by atoms with E-state index >= 15 is 0 Å². The second-order valence-electron chi connectivity index (χ2n) is 5.43. The average molecular weight is 276 g/mol. The summed E-state index contributed by atoms with van der Waals surface area (Å²) in [5.74, 6) is 0.158. The molecule has 1 aliphatic rings. The average Bonchev–Trinajstić information content (AvgIpc) is 2.49. The van der Waals surface area contributed by atoms with Gasteiger partial charge >= 0.3 is 0 Å². The number of carbonyl (C=O) groups excluding carboxylic acids is 1. The summed E-state index contributed by atoms with van der Waals surface area (Å²) in [4.78, 5) is 20.8. The van der Waals surface area contributed by atoms with Gasteiger partial charge in [-0.1, -0.05) is 6.92 Å². The van der Waals surface area contributed by atoms with Crippen molar-refractivity contribution in [2.24, 2.45) is 0 Å². The molecular formula is C15H24N4O. The SMILES string of the molecule is CCC(C)N1CCN(C(=O)Cc2ccc(N)cn2)CC1. The second kappa shape index (κ2) is 6.70. The standard InChI is InChI=1S/C15H24N4O/c1-3-12(2)18-6-8-19(9-7-18)15(20)10-14-5-4-13(16)11-17-14/h4-5,11-12H,3,6-10,16H2,1-2H3. The Bertz CT molecular complexity index is 438. The van der Waals surface area contributed by atoms with Crippen molar-refractivity contribution in [2.75, 3.05) is 31.9 Å². The van der Waals surface area contributed by atoms with Crippen LogP contribution in [0.15, 0.2) is 18.3 Å². The monoisotopic (exact) mass is 276 g/mol. The molecule has 0 saturated carbocycles. The minimum atomic E-state index is 0.158. The van der Waals surface area contributed by atoms with Crippen LogP contribution in [0.2, 0.25) is 0 Å². The Balaban J connectivity index is 1.84. The van der Waals surface area contributed by atoms with Crippen LogP contribution in [0, 0.1) is 0 Å². The van der Waals surface area contributed by atoms with Crippen molar-refractivity contribution in [2.45, 2.75) is 32.7 Å². The highest BCUT2D eigenvalue weighted by Gasteiger charge is 2.23. The van der Waals surface area contributed by atoms with E-state index in [0.29, 0.717) is 18.2 Å². The van der Waals surface area contributed by atoms with E-state index in [4.69, 9.17) is 5.73 Å². The minimum Gasteiger partial charge on any atom is -0.397 e. The summed E-state index contributed by atoms with van der Waals surface area (Å²) in [7, 11) is 0. The number of anilines is 1. The molecule has 0 aromatic carbocycles. The summed E-state index contributed by atoms with van der Waals surface area (Å²) in [5, 5.41) is 0. The van der Waals surface area contributed by atoms with Gasteiger partial charge in [0.15, 0.2) is 0 Å². The van der Waals surface area contributed by atoms with Crippen molar-refractivity contribution in [3.63, 3.8) is 0 Å². The van der Waals surface area contributed by atoms with Gasteiger partial charge in [-0.3, -0.25) is 14.7 Å². The van der Waals surface area contributed by atoms with E-state index in [9.17, 15) is 4.79 Å². The first kappa shape index (κ1) is 14.8. The molecule has 5 nitrogen and oxygen atoms in total. The third-order valence-corrected chi connectivity index (χ3v) is 4.06. The lowest BCUT2D eigenvalue weighted by Gasteiger charge is -2.37. The van der Waals surface area contributed by atoms with Gasteiger partial charge in [0.25, 0.3) is 0 Å². The van der Waals surface area contributed by atoms with Gasteiger partial charge in [0, 0.05) is 37.9 Å². The van der Waals surface area contributed by atoms with E-state index < -0.39 is 0 Å². The second-order valence-corrected chi connectivity index (χ2v) is 5.43. The number of hydrogen-bond acceptors (Lipinski definition) is 4. The van der Waals surface area contributed by atoms with Crippen LogP contribution in [-0.4, -0.2) is 52.9 Å². The highest BCUT2D eigenvalue weighted by molar-refractivity contribution is 5.78. The predicted molar refractivity (Wildman–Crippen MR) is 80.3 cm³/mol. The molecule has 1 atom stereocenters. The topological polar surface area (TPSA) is 62.5 Å². The Kier molecular flexibility index (Phi) is 4.95.